The van der Waals surface area contributed by atoms with Gasteiger partial charge in [0.25, 0.3) is 11.5 Å². The van der Waals surface area contributed by atoms with Crippen LogP contribution in [0, 0.1) is 0 Å². The first-order valence-corrected chi connectivity index (χ1v) is 13.1. The molecule has 2 aliphatic rings. The lowest BCUT2D eigenvalue weighted by Gasteiger charge is -2.36. The summed E-state index contributed by atoms with van der Waals surface area (Å²) in [6, 6.07) is 15.7. The van der Waals surface area contributed by atoms with Crippen molar-refractivity contribution < 1.29 is 14.7 Å². The topological polar surface area (TPSA) is 98.5 Å². The maximum absolute atomic E-state index is 13.6. The van der Waals surface area contributed by atoms with Crippen molar-refractivity contribution in [2.24, 2.45) is 0 Å². The van der Waals surface area contributed by atoms with Gasteiger partial charge in [-0.05, 0) is 23.8 Å². The average molecular weight is 536 g/mol. The van der Waals surface area contributed by atoms with Crippen LogP contribution in [0.5, 0.6) is 0 Å². The summed E-state index contributed by atoms with van der Waals surface area (Å²) in [6.07, 6.45) is 3.00. The Morgan fingerprint density at radius 1 is 1.05 bits per heavy atom. The number of rotatable bonds is 7. The monoisotopic (exact) mass is 535 g/mol. The second-order valence-corrected chi connectivity index (χ2v) is 10.5. The molecule has 2 aromatic heterocycles. The van der Waals surface area contributed by atoms with Gasteiger partial charge in [0, 0.05) is 45.5 Å². The fraction of sp³-hybridized carbons (Fsp3) is 0.269. The van der Waals surface area contributed by atoms with Gasteiger partial charge in [0.1, 0.15) is 15.8 Å². The van der Waals surface area contributed by atoms with Crippen LogP contribution in [-0.4, -0.2) is 73.2 Å². The van der Waals surface area contributed by atoms with E-state index in [0.717, 1.165) is 31.4 Å². The predicted molar refractivity (Wildman–Crippen MR) is 148 cm³/mol. The molecule has 0 atom stereocenters. The molecule has 11 heteroatoms. The Bertz CT molecular complexity index is 1450. The smallest absolute Gasteiger partial charge is 0.305 e. The summed E-state index contributed by atoms with van der Waals surface area (Å²) < 4.78 is 1.74. The van der Waals surface area contributed by atoms with Gasteiger partial charge in [-0.15, -0.1) is 0 Å². The van der Waals surface area contributed by atoms with E-state index in [-0.39, 0.29) is 27.8 Å². The molecule has 0 spiro atoms. The zero-order valence-electron chi connectivity index (χ0n) is 19.9. The fourth-order valence-electron chi connectivity index (χ4n) is 4.45. The standard InChI is InChI=1S/C26H25N5O4S2/c32-22(33)9-11-31-25(35)20(37-26(31)36)16-19-23(27-21-8-4-5-10-30(21)24(19)34)29-14-12-28(13-15-29)17-18-6-2-1-3-7-18/h1-8,10,16H,9,11-15,17H2,(H,32,33)/b20-16-. The number of benzene rings is 1. The molecule has 2 aliphatic heterocycles. The second-order valence-electron chi connectivity index (χ2n) is 8.81. The van der Waals surface area contributed by atoms with Crippen molar-refractivity contribution in [3.63, 3.8) is 0 Å². The number of carbonyl (C=O) groups excluding carboxylic acids is 1. The summed E-state index contributed by atoms with van der Waals surface area (Å²) in [5.74, 6) is -0.873. The summed E-state index contributed by atoms with van der Waals surface area (Å²) in [6.45, 7) is 3.82. The first kappa shape index (κ1) is 25.1. The number of piperazine rings is 1. The molecule has 1 N–H and O–H groups in total. The van der Waals surface area contributed by atoms with E-state index in [0.29, 0.717) is 30.1 Å². The Morgan fingerprint density at radius 3 is 2.51 bits per heavy atom. The molecule has 0 bridgehead atoms. The van der Waals surface area contributed by atoms with Crippen LogP contribution in [-0.2, 0) is 16.1 Å². The van der Waals surface area contributed by atoms with E-state index in [1.54, 1.807) is 24.4 Å². The first-order valence-electron chi connectivity index (χ1n) is 11.9. The molecule has 2 saturated heterocycles. The number of anilines is 1. The van der Waals surface area contributed by atoms with Crippen LogP contribution in [0.3, 0.4) is 0 Å². The van der Waals surface area contributed by atoms with Crippen LogP contribution in [0.15, 0.2) is 64.4 Å². The molecule has 0 unspecified atom stereocenters. The molecule has 1 aromatic carbocycles. The largest absolute Gasteiger partial charge is 0.481 e. The van der Waals surface area contributed by atoms with Gasteiger partial charge >= 0.3 is 5.97 Å². The summed E-state index contributed by atoms with van der Waals surface area (Å²) in [7, 11) is 0. The highest BCUT2D eigenvalue weighted by Gasteiger charge is 2.33. The number of thioether (sulfide) groups is 1. The van der Waals surface area contributed by atoms with Gasteiger partial charge in [0.05, 0.1) is 16.9 Å². The Kier molecular flexibility index (Phi) is 7.36. The number of fused-ring (bicyclic) bond motifs is 1. The van der Waals surface area contributed by atoms with E-state index in [9.17, 15) is 14.4 Å². The molecular weight excluding hydrogens is 510 g/mol. The van der Waals surface area contributed by atoms with Crippen LogP contribution in [0.1, 0.15) is 17.5 Å². The maximum atomic E-state index is 13.6. The number of nitrogens with zero attached hydrogens (tertiary/aromatic N) is 5. The number of hydrogen-bond donors (Lipinski definition) is 1. The van der Waals surface area contributed by atoms with Gasteiger partial charge in [-0.2, -0.15) is 0 Å². The Labute approximate surface area is 223 Å². The van der Waals surface area contributed by atoms with Crippen molar-refractivity contribution in [1.29, 1.82) is 0 Å². The van der Waals surface area contributed by atoms with Gasteiger partial charge in [-0.1, -0.05) is 60.4 Å². The van der Waals surface area contributed by atoms with Gasteiger partial charge in [-0.3, -0.25) is 28.6 Å². The quantitative estimate of drug-likeness (QED) is 0.362. The Morgan fingerprint density at radius 2 is 1.78 bits per heavy atom. The molecule has 37 heavy (non-hydrogen) atoms. The SMILES string of the molecule is O=C(O)CCN1C(=O)/C(=C/c2c(N3CCN(Cc4ccccc4)CC3)nc3ccccn3c2=O)SC1=S. The molecular formula is C26H25N5O4S2. The van der Waals surface area contributed by atoms with Crippen LogP contribution in [0.4, 0.5) is 5.82 Å². The highest BCUT2D eigenvalue weighted by atomic mass is 32.2. The third-order valence-corrected chi connectivity index (χ3v) is 7.75. The van der Waals surface area contributed by atoms with Crippen LogP contribution in [0.2, 0.25) is 0 Å². The van der Waals surface area contributed by atoms with E-state index in [1.165, 1.54) is 14.9 Å². The number of amides is 1. The lowest BCUT2D eigenvalue weighted by Crippen LogP contribution is -2.47. The lowest BCUT2D eigenvalue weighted by molar-refractivity contribution is -0.137. The summed E-state index contributed by atoms with van der Waals surface area (Å²) >= 11 is 6.39. The van der Waals surface area contributed by atoms with Crippen LogP contribution >= 0.6 is 24.0 Å². The zero-order valence-corrected chi connectivity index (χ0v) is 21.6. The number of pyridine rings is 1. The van der Waals surface area contributed by atoms with Gasteiger partial charge in [0.2, 0.25) is 0 Å². The molecule has 9 nitrogen and oxygen atoms in total. The number of aromatic nitrogens is 2. The van der Waals surface area contributed by atoms with Crippen molar-refractivity contribution >= 4 is 57.7 Å². The third kappa shape index (κ3) is 5.43. The molecule has 2 fully saturated rings. The van der Waals surface area contributed by atoms with Gasteiger partial charge < -0.3 is 10.0 Å². The minimum atomic E-state index is -1.01. The summed E-state index contributed by atoms with van der Waals surface area (Å²) in [5, 5.41) is 9.00. The van der Waals surface area contributed by atoms with Crippen molar-refractivity contribution in [3.05, 3.63) is 81.1 Å². The normalized spacial score (nSPS) is 17.8. The van der Waals surface area contributed by atoms with Crippen molar-refractivity contribution in [2.45, 2.75) is 13.0 Å². The summed E-state index contributed by atoms with van der Waals surface area (Å²) in [5.41, 5.74) is 1.83. The Hall–Kier alpha value is -3.54. The molecule has 4 heterocycles. The van der Waals surface area contributed by atoms with Crippen LogP contribution < -0.4 is 10.5 Å². The Balaban J connectivity index is 1.45. The van der Waals surface area contributed by atoms with E-state index in [4.69, 9.17) is 22.3 Å². The molecule has 0 saturated carbocycles. The number of carboxylic acid groups (broad SMARTS) is 1. The number of carboxylic acids is 1. The minimum absolute atomic E-state index is 0.0114. The van der Waals surface area contributed by atoms with Gasteiger partial charge in [0.15, 0.2) is 0 Å². The number of thiocarbonyl (C=S) groups is 1. The second kappa shape index (κ2) is 10.8. The molecule has 0 radical (unpaired) electrons. The highest BCUT2D eigenvalue weighted by molar-refractivity contribution is 8.26. The lowest BCUT2D eigenvalue weighted by atomic mass is 10.2. The van der Waals surface area contributed by atoms with Crippen molar-refractivity contribution in [3.8, 4) is 0 Å². The molecule has 1 amide bonds. The van der Waals surface area contributed by atoms with E-state index in [2.05, 4.69) is 21.9 Å². The molecule has 3 aromatic rings. The molecule has 5 rings (SSSR count). The van der Waals surface area contributed by atoms with Crippen molar-refractivity contribution in [1.82, 2.24) is 19.2 Å². The summed E-state index contributed by atoms with van der Waals surface area (Å²) in [4.78, 5) is 48.4. The van der Waals surface area contributed by atoms with E-state index >= 15 is 0 Å². The average Bonchev–Trinajstić information content (AvgIpc) is 3.17. The van der Waals surface area contributed by atoms with Gasteiger partial charge in [-0.25, -0.2) is 4.98 Å². The predicted octanol–water partition coefficient (Wildman–Crippen LogP) is 2.69. The zero-order chi connectivity index (χ0) is 25.9. The van der Waals surface area contributed by atoms with E-state index < -0.39 is 11.9 Å². The number of aliphatic carboxylic acids is 1. The first-order chi connectivity index (χ1) is 17.9. The maximum Gasteiger partial charge on any atom is 0.305 e. The van der Waals surface area contributed by atoms with Crippen LogP contribution in [0.25, 0.3) is 11.7 Å². The minimum Gasteiger partial charge on any atom is -0.481 e. The van der Waals surface area contributed by atoms with E-state index in [1.807, 2.05) is 24.3 Å². The molecule has 0 aliphatic carbocycles. The molecule has 190 valence electrons. The number of carbonyl (C=O) groups is 2. The fourth-order valence-corrected chi connectivity index (χ4v) is 5.74. The third-order valence-electron chi connectivity index (χ3n) is 6.37. The number of hydrogen-bond acceptors (Lipinski definition) is 8. The highest BCUT2D eigenvalue weighted by Crippen LogP contribution is 2.33. The van der Waals surface area contributed by atoms with Crippen molar-refractivity contribution in [2.75, 3.05) is 37.6 Å².